The first-order valence-corrected chi connectivity index (χ1v) is 18.8. The molecule has 1 fully saturated rings. The summed E-state index contributed by atoms with van der Waals surface area (Å²) in [6.45, 7) is 0.858. The van der Waals surface area contributed by atoms with Gasteiger partial charge in [-0.15, -0.1) is 0 Å². The molecule has 1 atom stereocenters. The van der Waals surface area contributed by atoms with Crippen LogP contribution in [0.3, 0.4) is 0 Å². The molecule has 0 N–H and O–H groups in total. The minimum absolute atomic E-state index is 0.177. The Morgan fingerprint density at radius 3 is 1.50 bits per heavy atom. The van der Waals surface area contributed by atoms with Crippen LogP contribution in [0.25, 0.3) is 21.5 Å². The van der Waals surface area contributed by atoms with E-state index in [-0.39, 0.29) is 24.2 Å². The minimum atomic E-state index is -0.592. The molecular formula is C48H36O10. The third-order valence-electron chi connectivity index (χ3n) is 9.52. The monoisotopic (exact) mass is 772 g/mol. The second kappa shape index (κ2) is 17.2. The molecule has 1 aliphatic rings. The molecule has 0 aromatic heterocycles. The maximum Gasteiger partial charge on any atom is 0.343 e. The summed E-state index contributed by atoms with van der Waals surface area (Å²) in [5, 5.41) is 3.07. The Hall–Kier alpha value is -7.30. The molecule has 1 heterocycles. The van der Waals surface area contributed by atoms with Crippen LogP contribution in [0.1, 0.15) is 66.3 Å². The van der Waals surface area contributed by atoms with Crippen molar-refractivity contribution in [3.8, 4) is 23.0 Å². The first kappa shape index (κ1) is 37.6. The Balaban J connectivity index is 0.835. The van der Waals surface area contributed by atoms with Crippen molar-refractivity contribution < 1.29 is 47.6 Å². The van der Waals surface area contributed by atoms with Crippen molar-refractivity contribution in [3.63, 3.8) is 0 Å². The number of hydrogen-bond acceptors (Lipinski definition) is 10. The van der Waals surface area contributed by atoms with Gasteiger partial charge in [-0.2, -0.15) is 0 Å². The molecule has 0 radical (unpaired) electrons. The quantitative estimate of drug-likeness (QED) is 0.0927. The normalized spacial score (nSPS) is 13.7. The maximum atomic E-state index is 13.1. The van der Waals surface area contributed by atoms with Crippen molar-refractivity contribution in [3.05, 3.63) is 179 Å². The zero-order valence-corrected chi connectivity index (χ0v) is 31.1. The van der Waals surface area contributed by atoms with E-state index >= 15 is 0 Å². The Labute approximate surface area is 333 Å². The van der Waals surface area contributed by atoms with E-state index in [1.807, 2.05) is 30.3 Å². The number of benzene rings is 7. The largest absolute Gasteiger partial charge is 0.465 e. The molecule has 58 heavy (non-hydrogen) atoms. The molecule has 288 valence electrons. The van der Waals surface area contributed by atoms with Gasteiger partial charge in [0, 0.05) is 6.42 Å². The molecule has 0 aliphatic carbocycles. The molecule has 1 unspecified atom stereocenters. The number of ether oxygens (including phenoxy) is 6. The van der Waals surface area contributed by atoms with E-state index in [2.05, 4.69) is 0 Å². The van der Waals surface area contributed by atoms with Crippen LogP contribution in [0, 0.1) is 0 Å². The topological polar surface area (TPSA) is 124 Å². The Kier molecular flexibility index (Phi) is 11.2. The highest BCUT2D eigenvalue weighted by molar-refractivity contribution is 5.98. The summed E-state index contributed by atoms with van der Waals surface area (Å²) >= 11 is 0. The number of carbonyl (C=O) groups is 4. The molecule has 8 rings (SSSR count). The summed E-state index contributed by atoms with van der Waals surface area (Å²) < 4.78 is 33.7. The van der Waals surface area contributed by atoms with E-state index in [4.69, 9.17) is 28.4 Å². The standard InChI is InChI=1S/C48H36O10/c49-45(54-30-31-6-2-1-3-7-31)38-11-9-36-28-42(23-17-34(36)26-38)58-47(51)33-15-21-41(22-16-33)56-48(52)39-12-10-37-29-43(24-18-35(37)27-39)57-46(50)32-13-19-40(20-14-32)55-44-8-4-5-25-53-44/h1-3,6-7,9-24,26-29,44H,4-5,8,25,30H2. The number of carbonyl (C=O) groups excluding carboxylic acids is 4. The van der Waals surface area contributed by atoms with Gasteiger partial charge in [0.25, 0.3) is 0 Å². The van der Waals surface area contributed by atoms with Crippen molar-refractivity contribution in [1.29, 1.82) is 0 Å². The van der Waals surface area contributed by atoms with Gasteiger partial charge in [-0.3, -0.25) is 0 Å². The van der Waals surface area contributed by atoms with Crippen LogP contribution in [0.4, 0.5) is 0 Å². The van der Waals surface area contributed by atoms with Gasteiger partial charge in [-0.25, -0.2) is 19.2 Å². The number of esters is 4. The first-order chi connectivity index (χ1) is 28.3. The van der Waals surface area contributed by atoms with Crippen molar-refractivity contribution in [2.45, 2.75) is 32.2 Å². The second-order valence-electron chi connectivity index (χ2n) is 13.6. The van der Waals surface area contributed by atoms with Crippen LogP contribution in [0.5, 0.6) is 23.0 Å². The van der Waals surface area contributed by atoms with Crippen molar-refractivity contribution >= 4 is 45.4 Å². The van der Waals surface area contributed by atoms with Gasteiger partial charge in [-0.1, -0.05) is 54.6 Å². The average Bonchev–Trinajstić information content (AvgIpc) is 3.26. The zero-order valence-electron chi connectivity index (χ0n) is 31.1. The Bertz CT molecular complexity index is 2610. The average molecular weight is 773 g/mol. The fourth-order valence-corrected chi connectivity index (χ4v) is 6.42. The highest BCUT2D eigenvalue weighted by atomic mass is 16.7. The molecular weight excluding hydrogens is 737 g/mol. The van der Waals surface area contributed by atoms with Crippen molar-refractivity contribution in [2.24, 2.45) is 0 Å². The molecule has 0 saturated carbocycles. The summed E-state index contributed by atoms with van der Waals surface area (Å²) in [7, 11) is 0. The number of hydrogen-bond donors (Lipinski definition) is 0. The van der Waals surface area contributed by atoms with Crippen LogP contribution in [-0.2, 0) is 16.1 Å². The lowest BCUT2D eigenvalue weighted by atomic mass is 10.1. The highest BCUT2D eigenvalue weighted by Crippen LogP contribution is 2.27. The molecule has 10 nitrogen and oxygen atoms in total. The number of rotatable bonds is 11. The second-order valence-corrected chi connectivity index (χ2v) is 13.6. The summed E-state index contributed by atoms with van der Waals surface area (Å²) in [5.74, 6) is -0.566. The molecule has 1 aliphatic heterocycles. The molecule has 7 aromatic carbocycles. The van der Waals surface area contributed by atoms with E-state index in [9.17, 15) is 19.2 Å². The Morgan fingerprint density at radius 1 is 0.466 bits per heavy atom. The summed E-state index contributed by atoms with van der Waals surface area (Å²) in [4.78, 5) is 51.5. The van der Waals surface area contributed by atoms with E-state index < -0.39 is 23.9 Å². The van der Waals surface area contributed by atoms with Crippen LogP contribution in [0.15, 0.2) is 152 Å². The molecule has 1 saturated heterocycles. The smallest absolute Gasteiger partial charge is 0.343 e. The predicted octanol–water partition coefficient (Wildman–Crippen LogP) is 9.91. The van der Waals surface area contributed by atoms with Crippen LogP contribution < -0.4 is 18.9 Å². The molecule has 0 amide bonds. The first-order valence-electron chi connectivity index (χ1n) is 18.8. The van der Waals surface area contributed by atoms with Gasteiger partial charge in [0.05, 0.1) is 28.9 Å². The third kappa shape index (κ3) is 9.21. The van der Waals surface area contributed by atoms with E-state index in [1.165, 1.54) is 24.3 Å². The van der Waals surface area contributed by atoms with Crippen LogP contribution in [-0.4, -0.2) is 36.8 Å². The lowest BCUT2D eigenvalue weighted by molar-refractivity contribution is -0.105. The molecule has 0 spiro atoms. The fraction of sp³-hybridized carbons (Fsp3) is 0.125. The SMILES string of the molecule is O=C(OCc1ccccc1)c1ccc2cc(OC(=O)c3ccc(OC(=O)c4ccc5cc(OC(=O)c6ccc(OC7CCCCO7)cc6)ccc5c4)cc3)ccc2c1. The third-order valence-corrected chi connectivity index (χ3v) is 9.52. The van der Waals surface area contributed by atoms with E-state index in [0.717, 1.165) is 46.4 Å². The van der Waals surface area contributed by atoms with E-state index in [1.54, 1.807) is 97.1 Å². The summed E-state index contributed by atoms with van der Waals surface area (Å²) in [6.07, 6.45) is 2.65. The van der Waals surface area contributed by atoms with Gasteiger partial charge in [0.15, 0.2) is 6.29 Å². The molecule has 0 bridgehead atoms. The van der Waals surface area contributed by atoms with Gasteiger partial charge in [-0.05, 0) is 137 Å². The zero-order chi connectivity index (χ0) is 39.8. The predicted molar refractivity (Wildman–Crippen MR) is 215 cm³/mol. The lowest BCUT2D eigenvalue weighted by Gasteiger charge is -2.23. The number of fused-ring (bicyclic) bond motifs is 2. The summed E-state index contributed by atoms with van der Waals surface area (Å²) in [6, 6.07) is 42.7. The fourth-order valence-electron chi connectivity index (χ4n) is 6.42. The molecule has 10 heteroatoms. The van der Waals surface area contributed by atoms with Crippen molar-refractivity contribution in [1.82, 2.24) is 0 Å². The van der Waals surface area contributed by atoms with Crippen LogP contribution in [0.2, 0.25) is 0 Å². The van der Waals surface area contributed by atoms with Crippen molar-refractivity contribution in [2.75, 3.05) is 6.61 Å². The molecule has 7 aromatic rings. The Morgan fingerprint density at radius 2 is 0.931 bits per heavy atom. The maximum absolute atomic E-state index is 13.1. The van der Waals surface area contributed by atoms with Gasteiger partial charge < -0.3 is 28.4 Å². The van der Waals surface area contributed by atoms with Crippen LogP contribution >= 0.6 is 0 Å². The lowest BCUT2D eigenvalue weighted by Crippen LogP contribution is -2.24. The van der Waals surface area contributed by atoms with Gasteiger partial charge >= 0.3 is 23.9 Å². The minimum Gasteiger partial charge on any atom is -0.465 e. The van der Waals surface area contributed by atoms with Gasteiger partial charge in [0.2, 0.25) is 0 Å². The van der Waals surface area contributed by atoms with Gasteiger partial charge in [0.1, 0.15) is 29.6 Å². The highest BCUT2D eigenvalue weighted by Gasteiger charge is 2.17. The van der Waals surface area contributed by atoms with E-state index in [0.29, 0.717) is 40.5 Å². The summed E-state index contributed by atoms with van der Waals surface area (Å²) in [5.41, 5.74) is 2.26.